The van der Waals surface area contributed by atoms with E-state index >= 15 is 0 Å². The number of aryl methyl sites for hydroxylation is 1. The molecule has 6 heteroatoms. The molecule has 1 aromatic carbocycles. The predicted octanol–water partition coefficient (Wildman–Crippen LogP) is 3.50. The van der Waals surface area contributed by atoms with Gasteiger partial charge in [-0.05, 0) is 35.0 Å². The molecule has 2 aromatic rings. The fraction of sp³-hybridized carbons (Fsp3) is 0.0909. The second kappa shape index (κ2) is 4.50. The number of halogens is 2. The largest absolute Gasteiger partial charge is 0.476 e. The standard InChI is InChI=1S/C11H8BrClN2O2/c1-5-9(11(16)17)15-10(14-5)6-3-2-4-7(12)8(6)13/h2-4H,1H3,(H,14,15)(H,16,17). The van der Waals surface area contributed by atoms with Gasteiger partial charge in [0, 0.05) is 15.7 Å². The van der Waals surface area contributed by atoms with Gasteiger partial charge in [0.15, 0.2) is 5.69 Å². The van der Waals surface area contributed by atoms with Crippen LogP contribution in [0.5, 0.6) is 0 Å². The number of aromatic carboxylic acids is 1. The van der Waals surface area contributed by atoms with Crippen LogP contribution >= 0.6 is 27.5 Å². The summed E-state index contributed by atoms with van der Waals surface area (Å²) in [5, 5.41) is 9.42. The molecule has 0 bridgehead atoms. The number of nitrogens with one attached hydrogen (secondary N) is 1. The molecule has 0 fully saturated rings. The van der Waals surface area contributed by atoms with E-state index in [4.69, 9.17) is 16.7 Å². The van der Waals surface area contributed by atoms with Gasteiger partial charge in [0.1, 0.15) is 5.82 Å². The van der Waals surface area contributed by atoms with Gasteiger partial charge in [-0.2, -0.15) is 0 Å². The lowest BCUT2D eigenvalue weighted by Crippen LogP contribution is -1.98. The molecule has 0 saturated carbocycles. The first-order valence-corrected chi connectivity index (χ1v) is 5.92. The maximum atomic E-state index is 10.9. The highest BCUT2D eigenvalue weighted by atomic mass is 79.9. The smallest absolute Gasteiger partial charge is 0.356 e. The van der Waals surface area contributed by atoms with Crippen LogP contribution in [0.15, 0.2) is 22.7 Å². The van der Waals surface area contributed by atoms with Gasteiger partial charge in [-0.3, -0.25) is 0 Å². The Morgan fingerprint density at radius 3 is 2.82 bits per heavy atom. The Morgan fingerprint density at radius 1 is 1.53 bits per heavy atom. The Bertz CT molecular complexity index is 595. The molecular formula is C11H8BrClN2O2. The van der Waals surface area contributed by atoms with E-state index in [1.165, 1.54) is 0 Å². The number of hydrogen-bond acceptors (Lipinski definition) is 2. The van der Waals surface area contributed by atoms with Gasteiger partial charge in [0.2, 0.25) is 0 Å². The maximum Gasteiger partial charge on any atom is 0.356 e. The van der Waals surface area contributed by atoms with Crippen molar-refractivity contribution in [3.8, 4) is 11.4 Å². The molecule has 0 unspecified atom stereocenters. The SMILES string of the molecule is Cc1[nH]c(-c2cccc(Br)c2Cl)nc1C(=O)O. The molecular weight excluding hydrogens is 307 g/mol. The van der Waals surface area contributed by atoms with Crippen LogP contribution < -0.4 is 0 Å². The Balaban J connectivity index is 2.58. The predicted molar refractivity (Wildman–Crippen MR) is 68.4 cm³/mol. The summed E-state index contributed by atoms with van der Waals surface area (Å²) in [7, 11) is 0. The minimum absolute atomic E-state index is 0.0102. The fourth-order valence-corrected chi connectivity index (χ4v) is 2.06. The summed E-state index contributed by atoms with van der Waals surface area (Å²) in [4.78, 5) is 17.8. The van der Waals surface area contributed by atoms with Gasteiger partial charge in [-0.1, -0.05) is 17.7 Å². The molecule has 2 rings (SSSR count). The second-order valence-corrected chi connectivity index (χ2v) is 4.70. The van der Waals surface area contributed by atoms with Crippen LogP contribution in [-0.2, 0) is 0 Å². The number of nitrogens with zero attached hydrogens (tertiary/aromatic N) is 1. The lowest BCUT2D eigenvalue weighted by Gasteiger charge is -2.01. The number of carboxylic acids is 1. The zero-order chi connectivity index (χ0) is 12.6. The number of imidazole rings is 1. The monoisotopic (exact) mass is 314 g/mol. The normalized spacial score (nSPS) is 10.5. The summed E-state index contributed by atoms with van der Waals surface area (Å²) in [5.41, 5.74) is 1.18. The Morgan fingerprint density at radius 2 is 2.24 bits per heavy atom. The molecule has 0 spiro atoms. The van der Waals surface area contributed by atoms with Crippen LogP contribution in [0.2, 0.25) is 5.02 Å². The molecule has 0 aliphatic rings. The van der Waals surface area contributed by atoms with E-state index in [9.17, 15) is 4.79 Å². The van der Waals surface area contributed by atoms with Crippen LogP contribution in [0.25, 0.3) is 11.4 Å². The van der Waals surface area contributed by atoms with Crippen molar-refractivity contribution in [1.82, 2.24) is 9.97 Å². The first-order valence-electron chi connectivity index (χ1n) is 4.75. The van der Waals surface area contributed by atoms with E-state index in [0.717, 1.165) is 4.47 Å². The molecule has 17 heavy (non-hydrogen) atoms. The summed E-state index contributed by atoms with van der Waals surface area (Å²) < 4.78 is 0.739. The molecule has 4 nitrogen and oxygen atoms in total. The third-order valence-corrected chi connectivity index (χ3v) is 3.59. The molecule has 0 radical (unpaired) electrons. The number of rotatable bonds is 2. The first kappa shape index (κ1) is 12.1. The molecule has 0 saturated heterocycles. The summed E-state index contributed by atoms with van der Waals surface area (Å²) in [6.07, 6.45) is 0. The van der Waals surface area contributed by atoms with Gasteiger partial charge in [-0.15, -0.1) is 0 Å². The van der Waals surface area contributed by atoms with E-state index in [0.29, 0.717) is 22.1 Å². The van der Waals surface area contributed by atoms with E-state index in [1.807, 2.05) is 6.07 Å². The number of carbonyl (C=O) groups is 1. The molecule has 0 atom stereocenters. The quantitative estimate of drug-likeness (QED) is 0.891. The first-order chi connectivity index (χ1) is 8.00. The molecule has 1 aromatic heterocycles. The maximum absolute atomic E-state index is 10.9. The zero-order valence-corrected chi connectivity index (χ0v) is 11.1. The van der Waals surface area contributed by atoms with Gasteiger partial charge >= 0.3 is 5.97 Å². The molecule has 2 N–H and O–H groups in total. The Kier molecular flexibility index (Phi) is 3.22. The highest BCUT2D eigenvalue weighted by Crippen LogP contribution is 2.32. The van der Waals surface area contributed by atoms with E-state index < -0.39 is 5.97 Å². The number of H-pyrrole nitrogens is 1. The lowest BCUT2D eigenvalue weighted by atomic mass is 10.2. The summed E-state index contributed by atoms with van der Waals surface area (Å²) in [6, 6.07) is 5.39. The molecule has 0 amide bonds. The second-order valence-electron chi connectivity index (χ2n) is 3.47. The lowest BCUT2D eigenvalue weighted by molar-refractivity contribution is 0.0690. The van der Waals surface area contributed by atoms with Crippen molar-refractivity contribution in [2.45, 2.75) is 6.92 Å². The zero-order valence-electron chi connectivity index (χ0n) is 8.79. The van der Waals surface area contributed by atoms with E-state index in [1.54, 1.807) is 19.1 Å². The topological polar surface area (TPSA) is 66.0 Å². The minimum Gasteiger partial charge on any atom is -0.476 e. The number of benzene rings is 1. The van der Waals surface area contributed by atoms with Crippen molar-refractivity contribution in [3.63, 3.8) is 0 Å². The number of aromatic nitrogens is 2. The summed E-state index contributed by atoms with van der Waals surface area (Å²) >= 11 is 9.42. The van der Waals surface area contributed by atoms with Crippen molar-refractivity contribution in [2.75, 3.05) is 0 Å². The van der Waals surface area contributed by atoms with Crippen molar-refractivity contribution in [1.29, 1.82) is 0 Å². The van der Waals surface area contributed by atoms with Gasteiger partial charge in [-0.25, -0.2) is 9.78 Å². The number of carboxylic acid groups (broad SMARTS) is 1. The van der Waals surface area contributed by atoms with Gasteiger partial charge in [0.05, 0.1) is 5.02 Å². The summed E-state index contributed by atoms with van der Waals surface area (Å²) in [6.45, 7) is 1.66. The number of aromatic amines is 1. The Labute approximate surface area is 111 Å². The van der Waals surface area contributed by atoms with Crippen LogP contribution in [0.4, 0.5) is 0 Å². The third kappa shape index (κ3) is 2.21. The van der Waals surface area contributed by atoms with Gasteiger partial charge < -0.3 is 10.1 Å². The molecule has 0 aliphatic carbocycles. The van der Waals surface area contributed by atoms with Gasteiger partial charge in [0.25, 0.3) is 0 Å². The third-order valence-electron chi connectivity index (χ3n) is 2.29. The van der Waals surface area contributed by atoms with Crippen molar-refractivity contribution in [2.24, 2.45) is 0 Å². The van der Waals surface area contributed by atoms with Crippen molar-refractivity contribution >= 4 is 33.5 Å². The molecule has 88 valence electrons. The Hall–Kier alpha value is -1.33. The molecule has 1 heterocycles. The van der Waals surface area contributed by atoms with Crippen LogP contribution in [0.3, 0.4) is 0 Å². The average molecular weight is 316 g/mol. The van der Waals surface area contributed by atoms with Crippen molar-refractivity contribution < 1.29 is 9.90 Å². The van der Waals surface area contributed by atoms with Crippen molar-refractivity contribution in [3.05, 3.63) is 39.1 Å². The number of hydrogen-bond donors (Lipinski definition) is 2. The van der Waals surface area contributed by atoms with Crippen LogP contribution in [0, 0.1) is 6.92 Å². The summed E-state index contributed by atoms with van der Waals surface area (Å²) in [5.74, 6) is -0.609. The van der Waals surface area contributed by atoms with Crippen LogP contribution in [0.1, 0.15) is 16.2 Å². The average Bonchev–Trinajstić information content (AvgIpc) is 2.64. The fourth-order valence-electron chi connectivity index (χ4n) is 1.48. The highest BCUT2D eigenvalue weighted by Gasteiger charge is 2.16. The van der Waals surface area contributed by atoms with Crippen LogP contribution in [-0.4, -0.2) is 21.0 Å². The molecule has 0 aliphatic heterocycles. The highest BCUT2D eigenvalue weighted by molar-refractivity contribution is 9.10. The van der Waals surface area contributed by atoms with E-state index in [2.05, 4.69) is 25.9 Å². The van der Waals surface area contributed by atoms with E-state index in [-0.39, 0.29) is 5.69 Å². The minimum atomic E-state index is -1.06.